The maximum atomic E-state index is 6.80. The van der Waals surface area contributed by atoms with E-state index in [1.54, 1.807) is 16.5 Å². The molecule has 0 aliphatic carbocycles. The van der Waals surface area contributed by atoms with Crippen LogP contribution >= 0.6 is 0 Å². The van der Waals surface area contributed by atoms with Gasteiger partial charge in [0.15, 0.2) is 0 Å². The van der Waals surface area contributed by atoms with Crippen molar-refractivity contribution in [2.75, 3.05) is 18.6 Å². The number of benzene rings is 3. The summed E-state index contributed by atoms with van der Waals surface area (Å²) >= 11 is 0. The summed E-state index contributed by atoms with van der Waals surface area (Å²) in [7, 11) is 1.66. The third kappa shape index (κ3) is 3.91. The molecule has 0 saturated heterocycles. The molecule has 0 spiro atoms. The smallest absolute Gasteiger partial charge is 0.131 e. The van der Waals surface area contributed by atoms with Crippen molar-refractivity contribution in [2.24, 2.45) is 0 Å². The topological polar surface area (TPSA) is 96.9 Å². The number of aromatic nitrogens is 4. The highest BCUT2D eigenvalue weighted by Gasteiger charge is 2.31. The SMILES string of the molecule is COc1cccc(C(c2c(C)nn(-c3ccccc3)c2N)c2c(C)nn(-c3ccccc3)c2N)c1. The van der Waals surface area contributed by atoms with Crippen molar-refractivity contribution in [1.29, 1.82) is 0 Å². The van der Waals surface area contributed by atoms with Crippen molar-refractivity contribution < 1.29 is 4.74 Å². The molecule has 35 heavy (non-hydrogen) atoms. The van der Waals surface area contributed by atoms with E-state index in [0.29, 0.717) is 11.6 Å². The molecule has 0 aliphatic rings. The van der Waals surface area contributed by atoms with E-state index < -0.39 is 0 Å². The molecule has 2 aromatic heterocycles. The van der Waals surface area contributed by atoms with Gasteiger partial charge < -0.3 is 16.2 Å². The van der Waals surface area contributed by atoms with E-state index in [0.717, 1.165) is 45.2 Å². The predicted octanol–water partition coefficient (Wildman–Crippen LogP) is 5.03. The zero-order valence-corrected chi connectivity index (χ0v) is 20.0. The molecule has 4 N–H and O–H groups in total. The standard InChI is InChI=1S/C28H28N6O/c1-18-24(27(29)33(31-18)21-12-6-4-7-13-21)26(20-11-10-16-23(17-20)35-3)25-19(2)32-34(28(25)30)22-14-8-5-9-15-22/h4-17,26H,29-30H2,1-3H3. The minimum Gasteiger partial charge on any atom is -0.497 e. The largest absolute Gasteiger partial charge is 0.497 e. The molecule has 5 rings (SSSR count). The lowest BCUT2D eigenvalue weighted by Crippen LogP contribution is -2.11. The number of nitrogen functional groups attached to an aromatic ring is 2. The number of nitrogens with two attached hydrogens (primary N) is 2. The van der Waals surface area contributed by atoms with Gasteiger partial charge >= 0.3 is 0 Å². The van der Waals surface area contributed by atoms with E-state index in [1.165, 1.54) is 0 Å². The number of ether oxygens (including phenoxy) is 1. The summed E-state index contributed by atoms with van der Waals surface area (Å²) in [5.41, 5.74) is 19.8. The van der Waals surface area contributed by atoms with Crippen LogP contribution in [0.4, 0.5) is 11.6 Å². The van der Waals surface area contributed by atoms with Crippen LogP contribution in [0, 0.1) is 13.8 Å². The molecular formula is C28H28N6O. The molecule has 0 fully saturated rings. The van der Waals surface area contributed by atoms with Crippen LogP contribution in [0.2, 0.25) is 0 Å². The van der Waals surface area contributed by atoms with Gasteiger partial charge in [-0.1, -0.05) is 48.5 Å². The highest BCUT2D eigenvalue weighted by atomic mass is 16.5. The van der Waals surface area contributed by atoms with Gasteiger partial charge in [-0.05, 0) is 55.8 Å². The Kier molecular flexibility index (Phi) is 5.74. The van der Waals surface area contributed by atoms with Crippen molar-refractivity contribution in [3.05, 3.63) is 113 Å². The molecule has 7 heteroatoms. The van der Waals surface area contributed by atoms with Crippen LogP contribution in [0.1, 0.15) is 34.0 Å². The lowest BCUT2D eigenvalue weighted by atomic mass is 9.84. The summed E-state index contributed by atoms with van der Waals surface area (Å²) in [6.45, 7) is 3.96. The quantitative estimate of drug-likeness (QED) is 0.367. The minimum atomic E-state index is -0.292. The van der Waals surface area contributed by atoms with Crippen LogP contribution in [0.5, 0.6) is 5.75 Å². The van der Waals surface area contributed by atoms with E-state index in [2.05, 4.69) is 6.07 Å². The number of aryl methyl sites for hydroxylation is 2. The molecule has 5 aromatic rings. The molecular weight excluding hydrogens is 436 g/mol. The van der Waals surface area contributed by atoms with E-state index in [9.17, 15) is 0 Å². The zero-order valence-electron chi connectivity index (χ0n) is 20.0. The fourth-order valence-electron chi connectivity index (χ4n) is 4.66. The second kappa shape index (κ2) is 9.02. The molecule has 176 valence electrons. The number of nitrogens with zero attached hydrogens (tertiary/aromatic N) is 4. The van der Waals surface area contributed by atoms with Crippen LogP contribution in [-0.4, -0.2) is 26.7 Å². The summed E-state index contributed by atoms with van der Waals surface area (Å²) in [6.07, 6.45) is 0. The molecule has 3 aromatic carbocycles. The highest BCUT2D eigenvalue weighted by Crippen LogP contribution is 2.42. The van der Waals surface area contributed by atoms with Gasteiger partial charge in [-0.3, -0.25) is 0 Å². The van der Waals surface area contributed by atoms with Crippen molar-refractivity contribution in [3.63, 3.8) is 0 Å². The predicted molar refractivity (Wildman–Crippen MR) is 139 cm³/mol. The first-order chi connectivity index (χ1) is 17.0. The minimum absolute atomic E-state index is 0.292. The van der Waals surface area contributed by atoms with E-state index in [4.69, 9.17) is 26.4 Å². The van der Waals surface area contributed by atoms with Gasteiger partial charge in [-0.2, -0.15) is 10.2 Å². The second-order valence-corrected chi connectivity index (χ2v) is 8.47. The number of methoxy groups -OCH3 is 1. The monoisotopic (exact) mass is 464 g/mol. The van der Waals surface area contributed by atoms with Crippen LogP contribution < -0.4 is 16.2 Å². The van der Waals surface area contributed by atoms with Crippen molar-refractivity contribution >= 4 is 11.6 Å². The first-order valence-corrected chi connectivity index (χ1v) is 11.4. The average Bonchev–Trinajstić information content (AvgIpc) is 3.36. The van der Waals surface area contributed by atoms with Crippen LogP contribution in [0.25, 0.3) is 11.4 Å². The summed E-state index contributed by atoms with van der Waals surface area (Å²) in [5, 5.41) is 9.62. The molecule has 0 radical (unpaired) electrons. The molecule has 2 heterocycles. The van der Waals surface area contributed by atoms with Gasteiger partial charge in [-0.15, -0.1) is 0 Å². The van der Waals surface area contributed by atoms with E-state index >= 15 is 0 Å². The maximum Gasteiger partial charge on any atom is 0.131 e. The molecule has 7 nitrogen and oxygen atoms in total. The third-order valence-corrected chi connectivity index (χ3v) is 6.29. The summed E-state index contributed by atoms with van der Waals surface area (Å²) in [6, 6.07) is 27.7. The maximum absolute atomic E-state index is 6.80. The van der Waals surface area contributed by atoms with Gasteiger partial charge in [0.05, 0.1) is 29.9 Å². The van der Waals surface area contributed by atoms with E-state index in [-0.39, 0.29) is 5.92 Å². The lowest BCUT2D eigenvalue weighted by molar-refractivity contribution is 0.414. The van der Waals surface area contributed by atoms with E-state index in [1.807, 2.05) is 92.7 Å². The van der Waals surface area contributed by atoms with Gasteiger partial charge in [0.2, 0.25) is 0 Å². The average molecular weight is 465 g/mol. The fourth-order valence-corrected chi connectivity index (χ4v) is 4.66. The first-order valence-electron chi connectivity index (χ1n) is 11.4. The Bertz CT molecular complexity index is 1380. The summed E-state index contributed by atoms with van der Waals surface area (Å²) in [5.74, 6) is 1.59. The fraction of sp³-hybridized carbons (Fsp3) is 0.143. The third-order valence-electron chi connectivity index (χ3n) is 6.29. The molecule has 0 unspecified atom stereocenters. The van der Waals surface area contributed by atoms with Crippen LogP contribution in [0.3, 0.4) is 0 Å². The van der Waals surface area contributed by atoms with Crippen molar-refractivity contribution in [2.45, 2.75) is 19.8 Å². The molecule has 0 atom stereocenters. The van der Waals surface area contributed by atoms with Crippen molar-refractivity contribution in [1.82, 2.24) is 19.6 Å². The zero-order chi connectivity index (χ0) is 24.5. The number of hydrogen-bond acceptors (Lipinski definition) is 5. The Morgan fingerprint density at radius 1 is 0.686 bits per heavy atom. The number of rotatable bonds is 6. The molecule has 0 bridgehead atoms. The van der Waals surface area contributed by atoms with Crippen LogP contribution in [-0.2, 0) is 0 Å². The van der Waals surface area contributed by atoms with Crippen molar-refractivity contribution in [3.8, 4) is 17.1 Å². The Labute approximate surface area is 204 Å². The Morgan fingerprint density at radius 3 is 1.63 bits per heavy atom. The number of anilines is 2. The second-order valence-electron chi connectivity index (χ2n) is 8.47. The number of hydrogen-bond donors (Lipinski definition) is 2. The Balaban J connectivity index is 1.76. The normalized spacial score (nSPS) is 11.2. The Morgan fingerprint density at radius 2 is 1.17 bits per heavy atom. The Hall–Kier alpha value is -4.52. The summed E-state index contributed by atoms with van der Waals surface area (Å²) in [4.78, 5) is 0. The molecule has 0 aliphatic heterocycles. The van der Waals surface area contributed by atoms with Gasteiger partial charge in [-0.25, -0.2) is 9.36 Å². The van der Waals surface area contributed by atoms with Gasteiger partial charge in [0.25, 0.3) is 0 Å². The van der Waals surface area contributed by atoms with Gasteiger partial charge in [0.1, 0.15) is 17.4 Å². The first kappa shape index (κ1) is 22.3. The lowest BCUT2D eigenvalue weighted by Gasteiger charge is -2.20. The van der Waals surface area contributed by atoms with Crippen LogP contribution in [0.15, 0.2) is 84.9 Å². The summed E-state index contributed by atoms with van der Waals surface area (Å²) < 4.78 is 9.11. The van der Waals surface area contributed by atoms with Gasteiger partial charge in [0, 0.05) is 17.0 Å². The number of para-hydroxylation sites is 2. The molecule has 0 amide bonds. The highest BCUT2D eigenvalue weighted by molar-refractivity contribution is 5.64. The molecule has 0 saturated carbocycles.